The molecule has 0 radical (unpaired) electrons. The van der Waals surface area contributed by atoms with E-state index in [-0.39, 0.29) is 5.91 Å². The van der Waals surface area contributed by atoms with Gasteiger partial charge < -0.3 is 16.4 Å². The number of benzene rings is 2. The van der Waals surface area contributed by atoms with Crippen molar-refractivity contribution in [2.24, 2.45) is 0 Å². The minimum atomic E-state index is -0.0242. The maximum absolute atomic E-state index is 12.7. The molecule has 0 unspecified atom stereocenters. The summed E-state index contributed by atoms with van der Waals surface area (Å²) in [5, 5.41) is 0. The zero-order chi connectivity index (χ0) is 14.1. The normalized spacial score (nSPS) is 13.9. The Morgan fingerprint density at radius 1 is 1.05 bits per heavy atom. The number of carbonyl (C=O) groups is 1. The first kappa shape index (κ1) is 12.5. The van der Waals surface area contributed by atoms with Gasteiger partial charge in [0.15, 0.2) is 0 Å². The molecule has 1 amide bonds. The van der Waals surface area contributed by atoms with Crippen LogP contribution in [0, 0.1) is 0 Å². The Kier molecular flexibility index (Phi) is 3.06. The summed E-state index contributed by atoms with van der Waals surface area (Å²) >= 11 is 0. The molecule has 0 aliphatic carbocycles. The number of para-hydroxylation sites is 1. The van der Waals surface area contributed by atoms with Crippen LogP contribution in [0.4, 0.5) is 17.1 Å². The fourth-order valence-electron chi connectivity index (χ4n) is 2.61. The van der Waals surface area contributed by atoms with E-state index in [1.807, 2.05) is 23.1 Å². The van der Waals surface area contributed by atoms with Crippen molar-refractivity contribution >= 4 is 23.0 Å². The van der Waals surface area contributed by atoms with Crippen LogP contribution in [-0.2, 0) is 6.42 Å². The number of nitrogen functional groups attached to an aromatic ring is 2. The number of carbonyl (C=O) groups excluding carboxylic acids is 1. The second-order valence-corrected chi connectivity index (χ2v) is 5.03. The summed E-state index contributed by atoms with van der Waals surface area (Å²) in [6.07, 6.45) is 2.00. The van der Waals surface area contributed by atoms with Gasteiger partial charge in [0.1, 0.15) is 0 Å². The Labute approximate surface area is 118 Å². The quantitative estimate of drug-likeness (QED) is 0.779. The van der Waals surface area contributed by atoms with Gasteiger partial charge in [0, 0.05) is 17.8 Å². The average Bonchev–Trinajstić information content (AvgIpc) is 2.49. The monoisotopic (exact) mass is 267 g/mol. The predicted molar refractivity (Wildman–Crippen MR) is 81.7 cm³/mol. The molecule has 4 heteroatoms. The van der Waals surface area contributed by atoms with Gasteiger partial charge in [0.25, 0.3) is 5.91 Å². The summed E-state index contributed by atoms with van der Waals surface area (Å²) in [5.74, 6) is -0.0242. The molecule has 20 heavy (non-hydrogen) atoms. The Morgan fingerprint density at radius 3 is 2.65 bits per heavy atom. The smallest absolute Gasteiger partial charge is 0.258 e. The first-order chi connectivity index (χ1) is 9.66. The predicted octanol–water partition coefficient (Wildman–Crippen LogP) is 2.44. The highest BCUT2D eigenvalue weighted by Crippen LogP contribution is 2.28. The van der Waals surface area contributed by atoms with Crippen LogP contribution in [-0.4, -0.2) is 12.5 Å². The van der Waals surface area contributed by atoms with Crippen molar-refractivity contribution < 1.29 is 4.79 Å². The summed E-state index contributed by atoms with van der Waals surface area (Å²) in [7, 11) is 0. The van der Waals surface area contributed by atoms with Crippen LogP contribution >= 0.6 is 0 Å². The van der Waals surface area contributed by atoms with E-state index in [2.05, 4.69) is 6.07 Å². The molecule has 2 aromatic rings. The summed E-state index contributed by atoms with van der Waals surface area (Å²) < 4.78 is 0. The summed E-state index contributed by atoms with van der Waals surface area (Å²) in [6.45, 7) is 0.736. The molecule has 2 aromatic carbocycles. The van der Waals surface area contributed by atoms with Gasteiger partial charge in [0.05, 0.1) is 11.4 Å². The lowest BCUT2D eigenvalue weighted by Crippen LogP contribution is -2.35. The molecule has 0 bridgehead atoms. The zero-order valence-electron chi connectivity index (χ0n) is 11.2. The van der Waals surface area contributed by atoms with Crippen LogP contribution in [0.3, 0.4) is 0 Å². The number of hydrogen-bond acceptors (Lipinski definition) is 3. The number of nitrogens with two attached hydrogens (primary N) is 2. The Morgan fingerprint density at radius 2 is 1.85 bits per heavy atom. The maximum Gasteiger partial charge on any atom is 0.258 e. The van der Waals surface area contributed by atoms with Crippen LogP contribution in [0.1, 0.15) is 22.3 Å². The van der Waals surface area contributed by atoms with Crippen LogP contribution in [0.2, 0.25) is 0 Å². The average molecular weight is 267 g/mol. The molecule has 1 aliphatic heterocycles. The minimum Gasteiger partial charge on any atom is -0.397 e. The van der Waals surface area contributed by atoms with E-state index in [0.717, 1.165) is 25.1 Å². The molecule has 0 aromatic heterocycles. The van der Waals surface area contributed by atoms with Crippen molar-refractivity contribution in [1.29, 1.82) is 0 Å². The Hall–Kier alpha value is -2.49. The molecule has 3 rings (SSSR count). The number of fused-ring (bicyclic) bond motifs is 1. The van der Waals surface area contributed by atoms with E-state index >= 15 is 0 Å². The second kappa shape index (κ2) is 4.89. The van der Waals surface area contributed by atoms with E-state index < -0.39 is 0 Å². The molecule has 0 saturated heterocycles. The van der Waals surface area contributed by atoms with E-state index in [4.69, 9.17) is 11.5 Å². The SMILES string of the molecule is Nc1ccc(C(=O)N2CCCc3ccccc32)cc1N. The minimum absolute atomic E-state index is 0.0242. The van der Waals surface area contributed by atoms with E-state index in [9.17, 15) is 4.79 Å². The van der Waals surface area contributed by atoms with Gasteiger partial charge in [-0.05, 0) is 42.7 Å². The van der Waals surface area contributed by atoms with E-state index in [0.29, 0.717) is 16.9 Å². The number of aryl methyl sites for hydroxylation is 1. The Bertz CT molecular complexity index is 667. The molecule has 4 N–H and O–H groups in total. The number of amides is 1. The third-order valence-corrected chi connectivity index (χ3v) is 3.69. The highest BCUT2D eigenvalue weighted by Gasteiger charge is 2.23. The van der Waals surface area contributed by atoms with Crippen molar-refractivity contribution in [1.82, 2.24) is 0 Å². The number of rotatable bonds is 1. The summed E-state index contributed by atoms with van der Waals surface area (Å²) in [4.78, 5) is 14.5. The van der Waals surface area contributed by atoms with Gasteiger partial charge in [-0.25, -0.2) is 0 Å². The highest BCUT2D eigenvalue weighted by atomic mass is 16.2. The van der Waals surface area contributed by atoms with Crippen molar-refractivity contribution in [3.05, 3.63) is 53.6 Å². The van der Waals surface area contributed by atoms with Crippen LogP contribution in [0.5, 0.6) is 0 Å². The number of anilines is 3. The first-order valence-corrected chi connectivity index (χ1v) is 6.71. The van der Waals surface area contributed by atoms with Crippen molar-refractivity contribution in [3.8, 4) is 0 Å². The van der Waals surface area contributed by atoms with Crippen molar-refractivity contribution in [2.45, 2.75) is 12.8 Å². The fraction of sp³-hybridized carbons (Fsp3) is 0.188. The molecule has 102 valence electrons. The first-order valence-electron chi connectivity index (χ1n) is 6.71. The molecule has 0 saturated carbocycles. The fourth-order valence-corrected chi connectivity index (χ4v) is 2.61. The molecule has 0 spiro atoms. The summed E-state index contributed by atoms with van der Waals surface area (Å²) in [6, 6.07) is 13.1. The van der Waals surface area contributed by atoms with Gasteiger partial charge in [-0.1, -0.05) is 18.2 Å². The standard InChI is InChI=1S/C16H17N3O/c17-13-8-7-12(10-14(13)18)16(20)19-9-3-5-11-4-1-2-6-15(11)19/h1-2,4,6-8,10H,3,5,9,17-18H2. The molecule has 1 heterocycles. The van der Waals surface area contributed by atoms with E-state index in [1.54, 1.807) is 18.2 Å². The topological polar surface area (TPSA) is 72.4 Å². The third-order valence-electron chi connectivity index (χ3n) is 3.69. The van der Waals surface area contributed by atoms with Crippen molar-refractivity contribution in [2.75, 3.05) is 22.9 Å². The largest absolute Gasteiger partial charge is 0.397 e. The highest BCUT2D eigenvalue weighted by molar-refractivity contribution is 6.07. The van der Waals surface area contributed by atoms with E-state index in [1.165, 1.54) is 5.56 Å². The molecule has 0 fully saturated rings. The van der Waals surface area contributed by atoms with Gasteiger partial charge >= 0.3 is 0 Å². The van der Waals surface area contributed by atoms with Gasteiger partial charge in [-0.15, -0.1) is 0 Å². The maximum atomic E-state index is 12.7. The van der Waals surface area contributed by atoms with Crippen LogP contribution < -0.4 is 16.4 Å². The van der Waals surface area contributed by atoms with Crippen LogP contribution in [0.25, 0.3) is 0 Å². The number of hydrogen-bond donors (Lipinski definition) is 2. The molecule has 0 atom stereocenters. The Balaban J connectivity index is 1.97. The number of nitrogens with zero attached hydrogens (tertiary/aromatic N) is 1. The molecular weight excluding hydrogens is 250 g/mol. The lowest BCUT2D eigenvalue weighted by molar-refractivity contribution is 0.0985. The third kappa shape index (κ3) is 2.09. The lowest BCUT2D eigenvalue weighted by atomic mass is 10.0. The lowest BCUT2D eigenvalue weighted by Gasteiger charge is -2.29. The second-order valence-electron chi connectivity index (χ2n) is 5.03. The van der Waals surface area contributed by atoms with Gasteiger partial charge in [-0.3, -0.25) is 4.79 Å². The van der Waals surface area contributed by atoms with Crippen LogP contribution in [0.15, 0.2) is 42.5 Å². The van der Waals surface area contributed by atoms with Crippen molar-refractivity contribution in [3.63, 3.8) is 0 Å². The molecule has 4 nitrogen and oxygen atoms in total. The zero-order valence-corrected chi connectivity index (χ0v) is 11.2. The van der Waals surface area contributed by atoms with Gasteiger partial charge in [-0.2, -0.15) is 0 Å². The summed E-state index contributed by atoms with van der Waals surface area (Å²) in [5.41, 5.74) is 15.2. The van der Waals surface area contributed by atoms with Gasteiger partial charge in [0.2, 0.25) is 0 Å². The molecular formula is C16H17N3O. The molecule has 1 aliphatic rings.